The summed E-state index contributed by atoms with van der Waals surface area (Å²) in [5, 5.41) is 20.2. The van der Waals surface area contributed by atoms with Crippen LogP contribution in [0.3, 0.4) is 0 Å². The van der Waals surface area contributed by atoms with Crippen LogP contribution in [0.2, 0.25) is 0 Å². The maximum atomic E-state index is 11.4. The molecule has 3 aliphatic rings. The summed E-state index contributed by atoms with van der Waals surface area (Å²) in [6.45, 7) is 2.97. The lowest BCUT2D eigenvalue weighted by Crippen LogP contribution is -2.40. The fraction of sp³-hybridized carbons (Fsp3) is 0.880. The van der Waals surface area contributed by atoms with Crippen molar-refractivity contribution in [2.24, 2.45) is 17.3 Å². The first-order valence-corrected chi connectivity index (χ1v) is 12.4. The Kier molecular flexibility index (Phi) is 8.79. The average molecular weight is 423 g/mol. The van der Waals surface area contributed by atoms with Crippen molar-refractivity contribution < 1.29 is 24.5 Å². The largest absolute Gasteiger partial charge is 0.477 e. The van der Waals surface area contributed by atoms with Crippen LogP contribution >= 0.6 is 0 Å². The molecule has 0 radical (unpaired) electrons. The van der Waals surface area contributed by atoms with E-state index in [2.05, 4.69) is 19.1 Å². The smallest absolute Gasteiger partial charge is 0.364 e. The van der Waals surface area contributed by atoms with E-state index in [1.165, 1.54) is 57.8 Å². The minimum absolute atomic E-state index is 0.158. The highest BCUT2D eigenvalue weighted by molar-refractivity contribution is 5.75. The van der Waals surface area contributed by atoms with Crippen LogP contribution in [0.25, 0.3) is 0 Å². The van der Waals surface area contributed by atoms with Gasteiger partial charge in [-0.25, -0.2) is 4.79 Å². The fourth-order valence-corrected chi connectivity index (χ4v) is 5.75. The number of allylic oxidation sites excluding steroid dienone is 1. The molecule has 0 spiro atoms. The Bertz CT molecular complexity index is 562. The van der Waals surface area contributed by atoms with E-state index in [9.17, 15) is 15.0 Å². The summed E-state index contributed by atoms with van der Waals surface area (Å²) in [6, 6.07) is 0. The molecule has 0 bridgehead atoms. The van der Waals surface area contributed by atoms with E-state index >= 15 is 0 Å². The zero-order chi connectivity index (χ0) is 21.5. The van der Waals surface area contributed by atoms with Crippen LogP contribution in [0, 0.1) is 17.3 Å². The van der Waals surface area contributed by atoms with Crippen molar-refractivity contribution >= 4 is 5.97 Å². The van der Waals surface area contributed by atoms with E-state index in [1.54, 1.807) is 0 Å². The Balaban J connectivity index is 1.39. The Hall–Kier alpha value is -0.910. The molecule has 2 N–H and O–H groups in total. The molecule has 0 aromatic rings. The van der Waals surface area contributed by atoms with E-state index in [0.717, 1.165) is 25.7 Å². The van der Waals surface area contributed by atoms with Crippen molar-refractivity contribution in [3.63, 3.8) is 0 Å². The number of unbranched alkanes of at least 4 members (excludes halogenated alkanes) is 3. The van der Waals surface area contributed by atoms with Gasteiger partial charge in [0.25, 0.3) is 5.79 Å². The number of carboxylic acid groups (broad SMARTS) is 1. The second-order valence-corrected chi connectivity index (χ2v) is 9.86. The summed E-state index contributed by atoms with van der Waals surface area (Å²) in [6.07, 6.45) is 19.7. The molecule has 3 atom stereocenters. The molecule has 0 aromatic heterocycles. The van der Waals surface area contributed by atoms with Gasteiger partial charge < -0.3 is 19.7 Å². The summed E-state index contributed by atoms with van der Waals surface area (Å²) in [4.78, 5) is 11.4. The average Bonchev–Trinajstić information content (AvgIpc) is 3.35. The third-order valence-electron chi connectivity index (χ3n) is 7.92. The lowest BCUT2D eigenvalue weighted by atomic mass is 9.62. The molecule has 1 heterocycles. The Morgan fingerprint density at radius 3 is 2.47 bits per heavy atom. The van der Waals surface area contributed by atoms with Crippen LogP contribution in [0.15, 0.2) is 12.2 Å². The van der Waals surface area contributed by atoms with Crippen LogP contribution in [0.4, 0.5) is 0 Å². The first kappa shape index (κ1) is 23.7. The SMILES string of the molecule is CCCCC1(C(O)/C=C/[C@H]2CCC[C@@H]2CCCCCC2(C(=O)O)OCCO2)CCC1. The quantitative estimate of drug-likeness (QED) is 0.304. The number of aliphatic hydroxyl groups is 1. The summed E-state index contributed by atoms with van der Waals surface area (Å²) >= 11 is 0. The van der Waals surface area contributed by atoms with Crippen molar-refractivity contribution in [1.82, 2.24) is 0 Å². The fourth-order valence-electron chi connectivity index (χ4n) is 5.75. The van der Waals surface area contributed by atoms with Gasteiger partial charge in [-0.1, -0.05) is 57.6 Å². The molecular weight excluding hydrogens is 380 g/mol. The third-order valence-corrected chi connectivity index (χ3v) is 7.92. The van der Waals surface area contributed by atoms with Crippen molar-refractivity contribution in [3.05, 3.63) is 12.2 Å². The predicted molar refractivity (Wildman–Crippen MR) is 117 cm³/mol. The van der Waals surface area contributed by atoms with Crippen molar-refractivity contribution in [2.45, 2.75) is 109 Å². The topological polar surface area (TPSA) is 76.0 Å². The number of hydrogen-bond donors (Lipinski definition) is 2. The van der Waals surface area contributed by atoms with Crippen molar-refractivity contribution in [2.75, 3.05) is 13.2 Å². The van der Waals surface area contributed by atoms with Gasteiger partial charge in [0.15, 0.2) is 0 Å². The van der Waals surface area contributed by atoms with Crippen LogP contribution in [0.5, 0.6) is 0 Å². The first-order valence-electron chi connectivity index (χ1n) is 12.4. The molecule has 0 aromatic carbocycles. The van der Waals surface area contributed by atoms with Gasteiger partial charge in [-0.15, -0.1) is 0 Å². The Morgan fingerprint density at radius 1 is 1.07 bits per heavy atom. The summed E-state index contributed by atoms with van der Waals surface area (Å²) in [5.41, 5.74) is 0.158. The second kappa shape index (κ2) is 11.1. The normalized spacial score (nSPS) is 28.6. The minimum atomic E-state index is -1.40. The molecule has 5 heteroatoms. The summed E-state index contributed by atoms with van der Waals surface area (Å²) in [5.74, 6) is -1.10. The number of aliphatic hydroxyl groups excluding tert-OH is 1. The molecule has 0 amide bonds. The van der Waals surface area contributed by atoms with E-state index in [0.29, 0.717) is 31.5 Å². The molecule has 5 nitrogen and oxygen atoms in total. The molecule has 1 unspecified atom stereocenters. The van der Waals surface area contributed by atoms with Gasteiger partial charge >= 0.3 is 5.97 Å². The molecule has 3 rings (SSSR count). The second-order valence-electron chi connectivity index (χ2n) is 9.86. The number of carbonyl (C=O) groups is 1. The first-order chi connectivity index (χ1) is 14.5. The van der Waals surface area contributed by atoms with Crippen LogP contribution in [0.1, 0.15) is 96.8 Å². The Morgan fingerprint density at radius 2 is 1.83 bits per heavy atom. The minimum Gasteiger partial charge on any atom is -0.477 e. The van der Waals surface area contributed by atoms with Crippen LogP contribution in [-0.2, 0) is 14.3 Å². The van der Waals surface area contributed by atoms with Gasteiger partial charge in [0.1, 0.15) is 0 Å². The van der Waals surface area contributed by atoms with Gasteiger partial charge in [-0.3, -0.25) is 0 Å². The number of ether oxygens (including phenoxy) is 2. The lowest BCUT2D eigenvalue weighted by Gasteiger charge is -2.45. The zero-order valence-corrected chi connectivity index (χ0v) is 18.8. The summed E-state index contributed by atoms with van der Waals surface area (Å²) in [7, 11) is 0. The van der Waals surface area contributed by atoms with E-state index in [1.807, 2.05) is 0 Å². The highest BCUT2D eigenvalue weighted by Gasteiger charge is 2.44. The zero-order valence-electron chi connectivity index (χ0n) is 18.8. The van der Waals surface area contributed by atoms with E-state index in [4.69, 9.17) is 9.47 Å². The highest BCUT2D eigenvalue weighted by Crippen LogP contribution is 2.48. The lowest BCUT2D eigenvalue weighted by molar-refractivity contribution is -0.203. The molecule has 1 aliphatic heterocycles. The molecule has 1 saturated heterocycles. The van der Waals surface area contributed by atoms with Gasteiger partial charge in [0.05, 0.1) is 19.3 Å². The molecule has 2 aliphatic carbocycles. The monoisotopic (exact) mass is 422 g/mol. The van der Waals surface area contributed by atoms with Crippen molar-refractivity contribution in [3.8, 4) is 0 Å². The number of hydrogen-bond acceptors (Lipinski definition) is 4. The maximum Gasteiger partial charge on any atom is 0.364 e. The van der Waals surface area contributed by atoms with Crippen LogP contribution < -0.4 is 0 Å². The van der Waals surface area contributed by atoms with Gasteiger partial charge in [0, 0.05) is 6.42 Å². The predicted octanol–water partition coefficient (Wildman–Crippen LogP) is 5.46. The molecule has 3 fully saturated rings. The highest BCUT2D eigenvalue weighted by atomic mass is 16.8. The number of aliphatic carboxylic acids is 1. The van der Waals surface area contributed by atoms with E-state index in [-0.39, 0.29) is 11.5 Å². The van der Waals surface area contributed by atoms with Crippen LogP contribution in [-0.4, -0.2) is 41.3 Å². The molecular formula is C25H42O5. The Labute approximate surface area is 182 Å². The standard InChI is InChI=1S/C25H42O5/c1-2-3-14-24(15-8-16-24)22(26)13-12-21-11-7-10-20(21)9-5-4-6-17-25(23(27)28)29-18-19-30-25/h12-13,20-22,26H,2-11,14-19H2,1H3,(H,27,28)/b13-12+/t20-,21+,22?/m0/s1. The van der Waals surface area contributed by atoms with E-state index < -0.39 is 11.8 Å². The molecule has 2 saturated carbocycles. The van der Waals surface area contributed by atoms with Gasteiger partial charge in [-0.05, 0) is 62.2 Å². The van der Waals surface area contributed by atoms with Crippen molar-refractivity contribution in [1.29, 1.82) is 0 Å². The number of rotatable bonds is 13. The third kappa shape index (κ3) is 5.66. The maximum absolute atomic E-state index is 11.4. The number of carboxylic acids is 1. The molecule has 30 heavy (non-hydrogen) atoms. The summed E-state index contributed by atoms with van der Waals surface area (Å²) < 4.78 is 10.7. The van der Waals surface area contributed by atoms with Gasteiger partial charge in [0.2, 0.25) is 0 Å². The molecule has 172 valence electrons. The van der Waals surface area contributed by atoms with Gasteiger partial charge in [-0.2, -0.15) is 0 Å².